The molecular weight excluding hydrogens is 555 g/mol. The molecule has 0 fully saturated rings. The van der Waals surface area contributed by atoms with Gasteiger partial charge in [0.1, 0.15) is 0 Å². The van der Waals surface area contributed by atoms with Crippen LogP contribution in [0.2, 0.25) is 0 Å². The van der Waals surface area contributed by atoms with E-state index in [9.17, 15) is 0 Å². The SMILES string of the molecule is CN(C)c1ccncc1.CN(C)c1ccncc1.CN(C)c1ccncc1.CN(C)c1ccncc1.[Pd]. The van der Waals surface area contributed by atoms with Crippen molar-refractivity contribution < 1.29 is 20.4 Å². The third kappa shape index (κ3) is 15.2. The predicted molar refractivity (Wildman–Crippen MR) is 154 cm³/mol. The Bertz CT molecular complexity index is 859. The third-order valence-electron chi connectivity index (χ3n) is 4.72. The normalized spacial score (nSPS) is 8.86. The number of pyridine rings is 4. The minimum absolute atomic E-state index is 0. The van der Waals surface area contributed by atoms with E-state index in [1.165, 1.54) is 22.7 Å². The summed E-state index contributed by atoms with van der Waals surface area (Å²) in [5.41, 5.74) is 4.74. The molecule has 4 rings (SSSR count). The number of anilines is 4. The molecule has 0 aliphatic carbocycles. The van der Waals surface area contributed by atoms with Gasteiger partial charge in [-0.15, -0.1) is 0 Å². The fourth-order valence-corrected chi connectivity index (χ4v) is 2.57. The van der Waals surface area contributed by atoms with Crippen LogP contribution in [0.5, 0.6) is 0 Å². The monoisotopic (exact) mass is 594 g/mol. The Balaban J connectivity index is 0.000000463. The zero-order chi connectivity index (χ0) is 26.8. The van der Waals surface area contributed by atoms with Gasteiger partial charge in [0.15, 0.2) is 0 Å². The second-order valence-electron chi connectivity index (χ2n) is 8.40. The summed E-state index contributed by atoms with van der Waals surface area (Å²) < 4.78 is 0. The van der Waals surface area contributed by atoms with Crippen LogP contribution in [0.4, 0.5) is 22.7 Å². The molecule has 0 radical (unpaired) electrons. The maximum atomic E-state index is 3.90. The Morgan fingerprint density at radius 2 is 0.459 bits per heavy atom. The summed E-state index contributed by atoms with van der Waals surface area (Å²) >= 11 is 0. The van der Waals surface area contributed by atoms with Crippen molar-refractivity contribution in [3.05, 3.63) is 98.1 Å². The van der Waals surface area contributed by atoms with Gasteiger partial charge in [-0.05, 0) is 48.5 Å². The Kier molecular flexibility index (Phi) is 17.8. The van der Waals surface area contributed by atoms with Crippen molar-refractivity contribution in [3.8, 4) is 0 Å². The van der Waals surface area contributed by atoms with E-state index in [0.717, 1.165) is 0 Å². The average Bonchev–Trinajstić information content (AvgIpc) is 2.92. The molecule has 0 atom stereocenters. The molecule has 4 heterocycles. The summed E-state index contributed by atoms with van der Waals surface area (Å²) in [6, 6.07) is 15.8. The third-order valence-corrected chi connectivity index (χ3v) is 4.72. The minimum atomic E-state index is 0. The molecule has 0 saturated heterocycles. The molecule has 8 nitrogen and oxygen atoms in total. The number of nitrogens with zero attached hydrogens (tertiary/aromatic N) is 8. The van der Waals surface area contributed by atoms with Gasteiger partial charge < -0.3 is 19.6 Å². The smallest absolute Gasteiger partial charge is 0.0391 e. The molecule has 0 aliphatic heterocycles. The van der Waals surface area contributed by atoms with Crippen LogP contribution in [-0.4, -0.2) is 76.3 Å². The molecular formula is C28H40N8Pd. The van der Waals surface area contributed by atoms with Gasteiger partial charge in [0, 0.05) is 149 Å². The van der Waals surface area contributed by atoms with Crippen LogP contribution in [0.15, 0.2) is 98.1 Å². The van der Waals surface area contributed by atoms with E-state index in [-0.39, 0.29) is 20.4 Å². The molecule has 4 aromatic heterocycles. The first-order chi connectivity index (χ1) is 17.2. The van der Waals surface area contributed by atoms with E-state index in [1.54, 1.807) is 49.6 Å². The van der Waals surface area contributed by atoms with Gasteiger partial charge in [-0.1, -0.05) is 0 Å². The van der Waals surface area contributed by atoms with Crippen molar-refractivity contribution in [1.82, 2.24) is 19.9 Å². The van der Waals surface area contributed by atoms with Crippen molar-refractivity contribution in [2.24, 2.45) is 0 Å². The molecule has 0 unspecified atom stereocenters. The quantitative estimate of drug-likeness (QED) is 0.318. The van der Waals surface area contributed by atoms with Crippen LogP contribution < -0.4 is 19.6 Å². The largest absolute Gasteiger partial charge is 0.378 e. The Labute approximate surface area is 236 Å². The molecule has 0 bridgehead atoms. The Hall–Kier alpha value is -3.54. The maximum Gasteiger partial charge on any atom is 0.0391 e. The fourth-order valence-electron chi connectivity index (χ4n) is 2.57. The van der Waals surface area contributed by atoms with Crippen LogP contribution in [-0.2, 0) is 20.4 Å². The van der Waals surface area contributed by atoms with E-state index in [4.69, 9.17) is 0 Å². The van der Waals surface area contributed by atoms with Crippen molar-refractivity contribution >= 4 is 22.7 Å². The van der Waals surface area contributed by atoms with Gasteiger partial charge in [0.2, 0.25) is 0 Å². The maximum absolute atomic E-state index is 3.90. The van der Waals surface area contributed by atoms with E-state index in [2.05, 4.69) is 19.9 Å². The van der Waals surface area contributed by atoms with Gasteiger partial charge in [-0.2, -0.15) is 0 Å². The summed E-state index contributed by atoms with van der Waals surface area (Å²) in [5, 5.41) is 0. The van der Waals surface area contributed by atoms with Crippen molar-refractivity contribution in [2.75, 3.05) is 76.0 Å². The average molecular weight is 595 g/mol. The number of hydrogen-bond donors (Lipinski definition) is 0. The molecule has 9 heteroatoms. The van der Waals surface area contributed by atoms with Gasteiger partial charge in [-0.25, -0.2) is 0 Å². The number of rotatable bonds is 4. The van der Waals surface area contributed by atoms with Gasteiger partial charge in [-0.3, -0.25) is 19.9 Å². The standard InChI is InChI=1S/4C7H10N2.Pd/c4*1-9(2)7-3-5-8-6-4-7;/h4*3-6H,1-2H3;. The molecule has 0 aliphatic rings. The van der Waals surface area contributed by atoms with E-state index in [0.29, 0.717) is 0 Å². The summed E-state index contributed by atoms with van der Waals surface area (Å²) in [5.74, 6) is 0. The minimum Gasteiger partial charge on any atom is -0.378 e. The molecule has 0 saturated carbocycles. The molecule has 0 aromatic carbocycles. The zero-order valence-corrected chi connectivity index (χ0v) is 24.7. The first-order valence-corrected chi connectivity index (χ1v) is 11.5. The van der Waals surface area contributed by atoms with E-state index >= 15 is 0 Å². The molecule has 0 spiro atoms. The van der Waals surface area contributed by atoms with Crippen LogP contribution in [0.1, 0.15) is 0 Å². The van der Waals surface area contributed by atoms with Crippen molar-refractivity contribution in [3.63, 3.8) is 0 Å². The first kappa shape index (κ1) is 33.5. The first-order valence-electron chi connectivity index (χ1n) is 11.5. The molecule has 4 aromatic rings. The predicted octanol–water partition coefficient (Wildman–Crippen LogP) is 4.59. The zero-order valence-electron chi connectivity index (χ0n) is 23.1. The molecule has 202 valence electrons. The second-order valence-corrected chi connectivity index (χ2v) is 8.40. The van der Waals surface area contributed by atoms with Crippen LogP contribution in [0.3, 0.4) is 0 Å². The summed E-state index contributed by atoms with van der Waals surface area (Å²) in [7, 11) is 16.1. The Morgan fingerprint density at radius 1 is 0.324 bits per heavy atom. The van der Waals surface area contributed by atoms with Gasteiger partial charge in [0.25, 0.3) is 0 Å². The van der Waals surface area contributed by atoms with Crippen LogP contribution in [0.25, 0.3) is 0 Å². The summed E-state index contributed by atoms with van der Waals surface area (Å²) in [6.07, 6.45) is 14.3. The second kappa shape index (κ2) is 19.6. The topological polar surface area (TPSA) is 64.5 Å². The van der Waals surface area contributed by atoms with Crippen LogP contribution in [0, 0.1) is 0 Å². The van der Waals surface area contributed by atoms with E-state index in [1.807, 2.05) is 125 Å². The van der Waals surface area contributed by atoms with Gasteiger partial charge >= 0.3 is 0 Å². The van der Waals surface area contributed by atoms with Crippen LogP contribution >= 0.6 is 0 Å². The number of aromatic nitrogens is 4. The van der Waals surface area contributed by atoms with Crippen molar-refractivity contribution in [2.45, 2.75) is 0 Å². The van der Waals surface area contributed by atoms with E-state index < -0.39 is 0 Å². The number of hydrogen-bond acceptors (Lipinski definition) is 8. The van der Waals surface area contributed by atoms with Crippen molar-refractivity contribution in [1.29, 1.82) is 0 Å². The van der Waals surface area contributed by atoms with Gasteiger partial charge in [0.05, 0.1) is 0 Å². The molecule has 0 N–H and O–H groups in total. The summed E-state index contributed by atoms with van der Waals surface area (Å²) in [4.78, 5) is 23.8. The fraction of sp³-hybridized carbons (Fsp3) is 0.286. The Morgan fingerprint density at radius 3 is 0.541 bits per heavy atom. The molecule has 37 heavy (non-hydrogen) atoms. The molecule has 0 amide bonds. The summed E-state index contributed by atoms with van der Waals surface area (Å²) in [6.45, 7) is 0.